The quantitative estimate of drug-likeness (QED) is 0.915. The molecule has 1 N–H and O–H groups in total. The Bertz CT molecular complexity index is 484. The third kappa shape index (κ3) is 3.52. The second kappa shape index (κ2) is 6.27. The van der Waals surface area contributed by atoms with Crippen LogP contribution in [0.15, 0.2) is 18.2 Å². The van der Waals surface area contributed by atoms with E-state index in [-0.39, 0.29) is 0 Å². The highest BCUT2D eigenvalue weighted by atomic mass is 16.5. The van der Waals surface area contributed by atoms with Crippen molar-refractivity contribution in [3.63, 3.8) is 0 Å². The van der Waals surface area contributed by atoms with E-state index >= 15 is 0 Å². The van der Waals surface area contributed by atoms with Crippen LogP contribution in [-0.4, -0.2) is 19.3 Å². The molecule has 0 spiro atoms. The zero-order valence-corrected chi connectivity index (χ0v) is 13.3. The van der Waals surface area contributed by atoms with Gasteiger partial charge in [0, 0.05) is 19.0 Å². The number of rotatable bonds is 3. The molecule has 2 aliphatic rings. The van der Waals surface area contributed by atoms with E-state index in [1.165, 1.54) is 31.2 Å². The van der Waals surface area contributed by atoms with Crippen molar-refractivity contribution in [1.29, 1.82) is 0 Å². The van der Waals surface area contributed by atoms with Crippen molar-refractivity contribution >= 4 is 0 Å². The zero-order chi connectivity index (χ0) is 14.7. The Kier molecular flexibility index (Phi) is 4.39. The van der Waals surface area contributed by atoms with Crippen LogP contribution in [0.25, 0.3) is 0 Å². The van der Waals surface area contributed by atoms with E-state index in [4.69, 9.17) is 9.47 Å². The summed E-state index contributed by atoms with van der Waals surface area (Å²) >= 11 is 0. The molecule has 1 aliphatic carbocycles. The third-order valence-electron chi connectivity index (χ3n) is 4.87. The summed E-state index contributed by atoms with van der Waals surface area (Å²) in [6.07, 6.45) is 6.29. The van der Waals surface area contributed by atoms with Crippen LogP contribution >= 0.6 is 0 Å². The maximum absolute atomic E-state index is 5.77. The molecule has 3 rings (SSSR count). The topological polar surface area (TPSA) is 30.5 Å². The molecule has 1 unspecified atom stereocenters. The first-order valence-electron chi connectivity index (χ1n) is 8.27. The monoisotopic (exact) mass is 289 g/mol. The molecule has 1 aliphatic heterocycles. The van der Waals surface area contributed by atoms with Gasteiger partial charge in [0.15, 0.2) is 11.5 Å². The molecule has 1 heterocycles. The van der Waals surface area contributed by atoms with Crippen LogP contribution in [0.1, 0.15) is 51.5 Å². The van der Waals surface area contributed by atoms with Gasteiger partial charge >= 0.3 is 0 Å². The van der Waals surface area contributed by atoms with E-state index in [1.54, 1.807) is 0 Å². The fourth-order valence-electron chi connectivity index (χ4n) is 3.43. The summed E-state index contributed by atoms with van der Waals surface area (Å²) in [6, 6.07) is 6.94. The van der Waals surface area contributed by atoms with Crippen molar-refractivity contribution < 1.29 is 9.47 Å². The van der Waals surface area contributed by atoms with E-state index in [2.05, 4.69) is 31.3 Å². The van der Waals surface area contributed by atoms with Gasteiger partial charge in [0.25, 0.3) is 0 Å². The molecule has 0 saturated heterocycles. The summed E-state index contributed by atoms with van der Waals surface area (Å²) in [6.45, 7) is 7.18. The minimum absolute atomic E-state index is 0.406. The summed E-state index contributed by atoms with van der Waals surface area (Å²) in [5, 5.41) is 3.75. The van der Waals surface area contributed by atoms with Gasteiger partial charge in [0.2, 0.25) is 0 Å². The predicted molar refractivity (Wildman–Crippen MR) is 84.9 cm³/mol. The molecule has 1 fully saturated rings. The minimum atomic E-state index is 0.406. The molecule has 1 saturated carbocycles. The minimum Gasteiger partial charge on any atom is -0.490 e. The van der Waals surface area contributed by atoms with Crippen LogP contribution < -0.4 is 14.8 Å². The van der Waals surface area contributed by atoms with Crippen molar-refractivity contribution in [2.75, 3.05) is 13.2 Å². The van der Waals surface area contributed by atoms with Gasteiger partial charge in [-0.2, -0.15) is 0 Å². The van der Waals surface area contributed by atoms with Gasteiger partial charge < -0.3 is 14.8 Å². The van der Waals surface area contributed by atoms with E-state index in [9.17, 15) is 0 Å². The Morgan fingerprint density at radius 1 is 1.10 bits per heavy atom. The number of hydrogen-bond donors (Lipinski definition) is 1. The summed E-state index contributed by atoms with van der Waals surface area (Å²) in [5.41, 5.74) is 1.68. The lowest BCUT2D eigenvalue weighted by molar-refractivity contribution is 0.166. The van der Waals surface area contributed by atoms with Crippen LogP contribution in [0.4, 0.5) is 0 Å². The summed E-state index contributed by atoms with van der Waals surface area (Å²) in [4.78, 5) is 0. The molecule has 0 bridgehead atoms. The smallest absolute Gasteiger partial charge is 0.161 e. The highest BCUT2D eigenvalue weighted by Gasteiger charge is 2.31. The summed E-state index contributed by atoms with van der Waals surface area (Å²) in [5.74, 6) is 1.78. The highest BCUT2D eigenvalue weighted by Crippen LogP contribution is 2.36. The predicted octanol–water partition coefficient (Wildman–Crippen LogP) is 3.91. The molecule has 116 valence electrons. The van der Waals surface area contributed by atoms with Crippen LogP contribution in [-0.2, 0) is 6.54 Å². The normalized spacial score (nSPS) is 24.4. The van der Waals surface area contributed by atoms with Gasteiger partial charge in [-0.15, -0.1) is 0 Å². The maximum Gasteiger partial charge on any atom is 0.161 e. The molecule has 21 heavy (non-hydrogen) atoms. The van der Waals surface area contributed by atoms with Crippen molar-refractivity contribution in [1.82, 2.24) is 5.32 Å². The number of fused-ring (bicyclic) bond motifs is 1. The first-order chi connectivity index (χ1) is 10.1. The van der Waals surface area contributed by atoms with Gasteiger partial charge in [-0.05, 0) is 36.0 Å². The van der Waals surface area contributed by atoms with Crippen molar-refractivity contribution in [3.05, 3.63) is 23.8 Å². The fraction of sp³-hybridized carbons (Fsp3) is 0.667. The van der Waals surface area contributed by atoms with Gasteiger partial charge in [-0.3, -0.25) is 0 Å². The van der Waals surface area contributed by atoms with E-state index in [1.807, 2.05) is 6.07 Å². The van der Waals surface area contributed by atoms with Gasteiger partial charge in [0.1, 0.15) is 0 Å². The first kappa shape index (κ1) is 14.7. The SMILES string of the molecule is CC1(C)CCCCC1NCc1ccc2c(c1)OCCCO2. The van der Waals surface area contributed by atoms with E-state index in [0.29, 0.717) is 11.5 Å². The van der Waals surface area contributed by atoms with Crippen molar-refractivity contribution in [2.24, 2.45) is 5.41 Å². The van der Waals surface area contributed by atoms with Gasteiger partial charge in [0.05, 0.1) is 13.2 Å². The second-order valence-corrected chi connectivity index (χ2v) is 7.00. The van der Waals surface area contributed by atoms with Gasteiger partial charge in [-0.1, -0.05) is 32.8 Å². The maximum atomic E-state index is 5.77. The van der Waals surface area contributed by atoms with Gasteiger partial charge in [-0.25, -0.2) is 0 Å². The first-order valence-corrected chi connectivity index (χ1v) is 8.27. The van der Waals surface area contributed by atoms with E-state index < -0.39 is 0 Å². The van der Waals surface area contributed by atoms with Crippen LogP contribution in [0.5, 0.6) is 11.5 Å². The Morgan fingerprint density at radius 3 is 2.71 bits per heavy atom. The lowest BCUT2D eigenvalue weighted by Crippen LogP contribution is -2.43. The molecular weight excluding hydrogens is 262 g/mol. The second-order valence-electron chi connectivity index (χ2n) is 7.00. The standard InChI is InChI=1S/C18H27NO2/c1-18(2)9-4-3-6-17(18)19-13-14-7-8-15-16(12-14)21-11-5-10-20-15/h7-8,12,17,19H,3-6,9-11,13H2,1-2H3. The van der Waals surface area contributed by atoms with Crippen LogP contribution in [0.3, 0.4) is 0 Å². The lowest BCUT2D eigenvalue weighted by Gasteiger charge is -2.39. The number of hydrogen-bond acceptors (Lipinski definition) is 3. The molecule has 0 amide bonds. The zero-order valence-electron chi connectivity index (χ0n) is 13.3. The molecule has 3 nitrogen and oxygen atoms in total. The molecule has 0 radical (unpaired) electrons. The van der Waals surface area contributed by atoms with Crippen molar-refractivity contribution in [2.45, 2.75) is 58.5 Å². The summed E-state index contributed by atoms with van der Waals surface area (Å²) < 4.78 is 11.5. The van der Waals surface area contributed by atoms with Crippen molar-refractivity contribution in [3.8, 4) is 11.5 Å². The molecule has 3 heteroatoms. The number of nitrogens with one attached hydrogen (secondary N) is 1. The Hall–Kier alpha value is -1.22. The average molecular weight is 289 g/mol. The largest absolute Gasteiger partial charge is 0.490 e. The fourth-order valence-corrected chi connectivity index (χ4v) is 3.43. The van der Waals surface area contributed by atoms with E-state index in [0.717, 1.165) is 37.7 Å². The highest BCUT2D eigenvalue weighted by molar-refractivity contribution is 5.43. The van der Waals surface area contributed by atoms with Crippen LogP contribution in [0, 0.1) is 5.41 Å². The Balaban J connectivity index is 1.64. The van der Waals surface area contributed by atoms with Crippen LogP contribution in [0.2, 0.25) is 0 Å². The molecule has 1 aromatic rings. The lowest BCUT2D eigenvalue weighted by atomic mass is 9.73. The Labute approximate surface area is 128 Å². The molecule has 1 aromatic carbocycles. The molecule has 0 aromatic heterocycles. The molecule has 1 atom stereocenters. The average Bonchev–Trinajstić information content (AvgIpc) is 2.70. The molecular formula is C18H27NO2. The Morgan fingerprint density at radius 2 is 1.90 bits per heavy atom. The third-order valence-corrected chi connectivity index (χ3v) is 4.87. The summed E-state index contributed by atoms with van der Waals surface area (Å²) in [7, 11) is 0. The number of ether oxygens (including phenoxy) is 2. The number of benzene rings is 1.